The van der Waals surface area contributed by atoms with Crippen molar-refractivity contribution < 1.29 is 8.42 Å². The van der Waals surface area contributed by atoms with Gasteiger partial charge < -0.3 is 5.32 Å². The summed E-state index contributed by atoms with van der Waals surface area (Å²) in [6.45, 7) is 2.75. The average molecular weight is 278 g/mol. The number of nitrogens with zero attached hydrogens (tertiary/aromatic N) is 2. The third-order valence-corrected chi connectivity index (χ3v) is 3.68. The molecule has 0 amide bonds. The van der Waals surface area contributed by atoms with Crippen LogP contribution in [0.5, 0.6) is 0 Å². The fraction of sp³-hybridized carbons (Fsp3) is 0.167. The molecule has 1 aromatic carbocycles. The lowest BCUT2D eigenvalue weighted by Crippen LogP contribution is -2.14. The van der Waals surface area contributed by atoms with Crippen molar-refractivity contribution in [2.45, 2.75) is 11.8 Å². The largest absolute Gasteiger partial charge is 0.385 e. The van der Waals surface area contributed by atoms with E-state index < -0.39 is 10.0 Å². The van der Waals surface area contributed by atoms with Crippen LogP contribution in [-0.2, 0) is 10.0 Å². The highest BCUT2D eigenvalue weighted by molar-refractivity contribution is 7.92. The van der Waals surface area contributed by atoms with Crippen LogP contribution >= 0.6 is 0 Å². The normalized spacial score (nSPS) is 11.0. The second-order valence-corrected chi connectivity index (χ2v) is 5.42. The lowest BCUT2D eigenvalue weighted by atomic mass is 10.3. The number of rotatable bonds is 5. The van der Waals surface area contributed by atoms with E-state index in [1.165, 1.54) is 24.5 Å². The van der Waals surface area contributed by atoms with E-state index in [0.29, 0.717) is 0 Å². The van der Waals surface area contributed by atoms with Crippen LogP contribution in [0.2, 0.25) is 0 Å². The van der Waals surface area contributed by atoms with Gasteiger partial charge in [0.25, 0.3) is 10.0 Å². The summed E-state index contributed by atoms with van der Waals surface area (Å²) in [6, 6.07) is 8.10. The molecule has 0 aliphatic rings. The zero-order valence-corrected chi connectivity index (χ0v) is 11.2. The summed E-state index contributed by atoms with van der Waals surface area (Å²) in [6.07, 6.45) is 2.94. The van der Waals surface area contributed by atoms with E-state index in [1.54, 1.807) is 18.2 Å². The molecule has 0 saturated carbocycles. The molecule has 2 rings (SSSR count). The molecule has 7 heteroatoms. The molecule has 2 N–H and O–H groups in total. The van der Waals surface area contributed by atoms with Gasteiger partial charge in [-0.25, -0.2) is 23.1 Å². The molecule has 0 fully saturated rings. The Morgan fingerprint density at radius 1 is 1.11 bits per heavy atom. The molecule has 19 heavy (non-hydrogen) atoms. The Morgan fingerprint density at radius 2 is 1.74 bits per heavy atom. The number of hydrogen-bond donors (Lipinski definition) is 2. The second-order valence-electron chi connectivity index (χ2n) is 3.73. The highest BCUT2D eigenvalue weighted by atomic mass is 32.2. The van der Waals surface area contributed by atoms with Crippen molar-refractivity contribution >= 4 is 21.7 Å². The van der Waals surface area contributed by atoms with E-state index in [-0.39, 0.29) is 10.8 Å². The zero-order chi connectivity index (χ0) is 13.7. The molecule has 0 spiro atoms. The molecule has 0 aliphatic heterocycles. The molecular formula is C12H14N4O2S. The average Bonchev–Trinajstić information content (AvgIpc) is 2.40. The van der Waals surface area contributed by atoms with Crippen LogP contribution in [0.3, 0.4) is 0 Å². The SMILES string of the molecule is CCNc1ccc(S(=O)(=O)Nc2ncccn2)cc1. The second kappa shape index (κ2) is 5.66. The molecule has 0 radical (unpaired) electrons. The smallest absolute Gasteiger partial charge is 0.264 e. The molecule has 2 aromatic rings. The Morgan fingerprint density at radius 3 is 2.32 bits per heavy atom. The summed E-state index contributed by atoms with van der Waals surface area (Å²) in [7, 11) is -3.65. The summed E-state index contributed by atoms with van der Waals surface area (Å²) in [5, 5.41) is 3.10. The summed E-state index contributed by atoms with van der Waals surface area (Å²) in [4.78, 5) is 7.81. The van der Waals surface area contributed by atoms with Crippen LogP contribution in [0, 0.1) is 0 Å². The van der Waals surface area contributed by atoms with Crippen LogP contribution in [0.15, 0.2) is 47.6 Å². The maximum atomic E-state index is 12.1. The fourth-order valence-corrected chi connectivity index (χ4v) is 2.44. The molecule has 0 saturated heterocycles. The predicted octanol–water partition coefficient (Wildman–Crippen LogP) is 1.71. The Balaban J connectivity index is 2.20. The van der Waals surface area contributed by atoms with Crippen LogP contribution in [-0.4, -0.2) is 24.9 Å². The van der Waals surface area contributed by atoms with Gasteiger partial charge in [-0.1, -0.05) is 0 Å². The predicted molar refractivity (Wildman–Crippen MR) is 73.4 cm³/mol. The van der Waals surface area contributed by atoms with E-state index in [2.05, 4.69) is 20.0 Å². The first kappa shape index (κ1) is 13.3. The third-order valence-electron chi connectivity index (χ3n) is 2.34. The minimum Gasteiger partial charge on any atom is -0.385 e. The quantitative estimate of drug-likeness (QED) is 0.869. The van der Waals surface area contributed by atoms with Gasteiger partial charge in [0.05, 0.1) is 4.90 Å². The summed E-state index contributed by atoms with van der Waals surface area (Å²) < 4.78 is 26.4. The fourth-order valence-electron chi connectivity index (χ4n) is 1.49. The van der Waals surface area contributed by atoms with Crippen LogP contribution in [0.25, 0.3) is 0 Å². The Hall–Kier alpha value is -2.15. The van der Waals surface area contributed by atoms with E-state index >= 15 is 0 Å². The maximum absolute atomic E-state index is 12.1. The molecule has 0 atom stereocenters. The van der Waals surface area contributed by atoms with Crippen molar-refractivity contribution in [3.63, 3.8) is 0 Å². The number of hydrogen-bond acceptors (Lipinski definition) is 5. The first-order valence-electron chi connectivity index (χ1n) is 5.75. The highest BCUT2D eigenvalue weighted by Crippen LogP contribution is 2.15. The number of sulfonamides is 1. The molecule has 1 aromatic heterocycles. The Labute approximate surface area is 112 Å². The van der Waals surface area contributed by atoms with Gasteiger partial charge in [0, 0.05) is 24.6 Å². The molecule has 0 aliphatic carbocycles. The molecule has 0 bridgehead atoms. The van der Waals surface area contributed by atoms with Crippen LogP contribution < -0.4 is 10.0 Å². The number of anilines is 2. The minimum absolute atomic E-state index is 0.0539. The van der Waals surface area contributed by atoms with Gasteiger partial charge in [0.15, 0.2) is 0 Å². The summed E-state index contributed by atoms with van der Waals surface area (Å²) >= 11 is 0. The highest BCUT2D eigenvalue weighted by Gasteiger charge is 2.14. The topological polar surface area (TPSA) is 84.0 Å². The number of nitrogens with one attached hydrogen (secondary N) is 2. The van der Waals surface area contributed by atoms with Gasteiger partial charge in [-0.05, 0) is 37.3 Å². The van der Waals surface area contributed by atoms with Crippen LogP contribution in [0.1, 0.15) is 6.92 Å². The van der Waals surface area contributed by atoms with Gasteiger partial charge in [0.1, 0.15) is 0 Å². The summed E-state index contributed by atoms with van der Waals surface area (Å²) in [5.41, 5.74) is 0.873. The van der Waals surface area contributed by atoms with Gasteiger partial charge in [-0.15, -0.1) is 0 Å². The van der Waals surface area contributed by atoms with E-state index in [0.717, 1.165) is 12.2 Å². The summed E-state index contributed by atoms with van der Waals surface area (Å²) in [5.74, 6) is 0.0539. The maximum Gasteiger partial charge on any atom is 0.264 e. The standard InChI is InChI=1S/C12H14N4O2S/c1-2-13-10-4-6-11(7-5-10)19(17,18)16-12-14-8-3-9-15-12/h3-9,13H,2H2,1H3,(H,14,15,16). The molecule has 1 heterocycles. The van der Waals surface area contributed by atoms with Gasteiger partial charge >= 0.3 is 0 Å². The molecule has 0 unspecified atom stereocenters. The molecule has 6 nitrogen and oxygen atoms in total. The van der Waals surface area contributed by atoms with Crippen molar-refractivity contribution in [3.8, 4) is 0 Å². The first-order chi connectivity index (χ1) is 9.12. The first-order valence-corrected chi connectivity index (χ1v) is 7.24. The Bertz CT molecular complexity index is 627. The lowest BCUT2D eigenvalue weighted by molar-refractivity contribution is 0.601. The van der Waals surface area contributed by atoms with Crippen molar-refractivity contribution in [1.82, 2.24) is 9.97 Å². The molecular weight excluding hydrogens is 264 g/mol. The molecule has 100 valence electrons. The van der Waals surface area contributed by atoms with E-state index in [9.17, 15) is 8.42 Å². The number of aromatic nitrogens is 2. The van der Waals surface area contributed by atoms with Crippen molar-refractivity contribution in [3.05, 3.63) is 42.7 Å². The van der Waals surface area contributed by atoms with E-state index in [1.807, 2.05) is 6.92 Å². The van der Waals surface area contributed by atoms with Gasteiger partial charge in [0.2, 0.25) is 5.95 Å². The lowest BCUT2D eigenvalue weighted by Gasteiger charge is -2.07. The Kier molecular flexibility index (Phi) is 3.96. The monoisotopic (exact) mass is 278 g/mol. The number of benzene rings is 1. The van der Waals surface area contributed by atoms with Crippen molar-refractivity contribution in [2.75, 3.05) is 16.6 Å². The van der Waals surface area contributed by atoms with Gasteiger partial charge in [-0.3, -0.25) is 0 Å². The van der Waals surface area contributed by atoms with Gasteiger partial charge in [-0.2, -0.15) is 0 Å². The minimum atomic E-state index is -3.65. The zero-order valence-electron chi connectivity index (χ0n) is 10.4. The third kappa shape index (κ3) is 3.41. The van der Waals surface area contributed by atoms with Crippen molar-refractivity contribution in [2.24, 2.45) is 0 Å². The van der Waals surface area contributed by atoms with Crippen LogP contribution in [0.4, 0.5) is 11.6 Å². The van der Waals surface area contributed by atoms with E-state index in [4.69, 9.17) is 0 Å². The van der Waals surface area contributed by atoms with Crippen molar-refractivity contribution in [1.29, 1.82) is 0 Å².